The molecule has 0 spiro atoms. The summed E-state index contributed by atoms with van der Waals surface area (Å²) in [7, 11) is 0. The van der Waals surface area contributed by atoms with Crippen LogP contribution in [0.3, 0.4) is 0 Å². The summed E-state index contributed by atoms with van der Waals surface area (Å²) in [6.45, 7) is 4.83. The fraction of sp³-hybridized carbons (Fsp3) is 0.857. The SMILES string of the molecule is CC1(C(=O)O)CCN(CC(=O)NCC2CCCO2)CC1. The van der Waals surface area contributed by atoms with Gasteiger partial charge in [0.05, 0.1) is 18.1 Å². The molecule has 0 aromatic heterocycles. The Kier molecular flexibility index (Phi) is 4.99. The molecule has 114 valence electrons. The Bertz CT molecular complexity index is 358. The van der Waals surface area contributed by atoms with Gasteiger partial charge in [0, 0.05) is 13.2 Å². The van der Waals surface area contributed by atoms with Crippen LogP contribution in [-0.4, -0.2) is 60.8 Å². The first-order valence-corrected chi connectivity index (χ1v) is 7.34. The van der Waals surface area contributed by atoms with Crippen LogP contribution in [0, 0.1) is 5.41 Å². The number of nitrogens with zero attached hydrogens (tertiary/aromatic N) is 1. The smallest absolute Gasteiger partial charge is 0.309 e. The number of carbonyl (C=O) groups is 2. The van der Waals surface area contributed by atoms with Crippen molar-refractivity contribution < 1.29 is 19.4 Å². The lowest BCUT2D eigenvalue weighted by Crippen LogP contribution is -2.47. The molecule has 0 bridgehead atoms. The van der Waals surface area contributed by atoms with Gasteiger partial charge in [0.15, 0.2) is 0 Å². The highest BCUT2D eigenvalue weighted by Crippen LogP contribution is 2.30. The molecule has 6 nitrogen and oxygen atoms in total. The minimum absolute atomic E-state index is 0.000530. The van der Waals surface area contributed by atoms with Crippen LogP contribution in [0.1, 0.15) is 32.6 Å². The van der Waals surface area contributed by atoms with E-state index in [9.17, 15) is 9.59 Å². The number of carboxylic acids is 1. The molecule has 2 N–H and O–H groups in total. The largest absolute Gasteiger partial charge is 0.481 e. The Morgan fingerprint density at radius 1 is 1.40 bits per heavy atom. The van der Waals surface area contributed by atoms with Gasteiger partial charge in [0.2, 0.25) is 5.91 Å². The Hall–Kier alpha value is -1.14. The highest BCUT2D eigenvalue weighted by Gasteiger charge is 2.37. The number of rotatable bonds is 5. The number of hydrogen-bond donors (Lipinski definition) is 2. The topological polar surface area (TPSA) is 78.9 Å². The number of carbonyl (C=O) groups excluding carboxylic acids is 1. The minimum atomic E-state index is -0.736. The van der Waals surface area contributed by atoms with Crippen molar-refractivity contribution in [2.24, 2.45) is 5.41 Å². The van der Waals surface area contributed by atoms with Crippen molar-refractivity contribution in [3.63, 3.8) is 0 Å². The van der Waals surface area contributed by atoms with Crippen LogP contribution in [0.5, 0.6) is 0 Å². The van der Waals surface area contributed by atoms with Crippen LogP contribution in [0.2, 0.25) is 0 Å². The quantitative estimate of drug-likeness (QED) is 0.767. The lowest BCUT2D eigenvalue weighted by molar-refractivity contribution is -0.150. The van der Waals surface area contributed by atoms with Crippen LogP contribution < -0.4 is 5.32 Å². The van der Waals surface area contributed by atoms with Crippen LogP contribution in [-0.2, 0) is 14.3 Å². The second kappa shape index (κ2) is 6.54. The highest BCUT2D eigenvalue weighted by atomic mass is 16.5. The molecular formula is C14H24N2O4. The third-order valence-electron chi connectivity index (χ3n) is 4.39. The van der Waals surface area contributed by atoms with E-state index < -0.39 is 11.4 Å². The average molecular weight is 284 g/mol. The number of ether oxygens (including phenoxy) is 1. The highest BCUT2D eigenvalue weighted by molar-refractivity contribution is 5.78. The first-order chi connectivity index (χ1) is 9.49. The van der Waals surface area contributed by atoms with Gasteiger partial charge in [-0.3, -0.25) is 14.5 Å². The molecule has 2 rings (SSSR count). The van der Waals surface area contributed by atoms with Crippen LogP contribution in [0.25, 0.3) is 0 Å². The Morgan fingerprint density at radius 3 is 2.65 bits per heavy atom. The van der Waals surface area contributed by atoms with Crippen LogP contribution >= 0.6 is 0 Å². The summed E-state index contributed by atoms with van der Waals surface area (Å²) in [4.78, 5) is 25.0. The number of carboxylic acid groups (broad SMARTS) is 1. The third-order valence-corrected chi connectivity index (χ3v) is 4.39. The summed E-state index contributed by atoms with van der Waals surface area (Å²) in [5, 5.41) is 12.1. The second-order valence-corrected chi connectivity index (χ2v) is 6.08. The summed E-state index contributed by atoms with van der Waals surface area (Å²) in [6, 6.07) is 0. The van der Waals surface area contributed by atoms with Gasteiger partial charge in [-0.15, -0.1) is 0 Å². The van der Waals surface area contributed by atoms with Crippen molar-refractivity contribution in [3.8, 4) is 0 Å². The van der Waals surface area contributed by atoms with E-state index in [1.54, 1.807) is 6.92 Å². The molecule has 1 amide bonds. The molecule has 20 heavy (non-hydrogen) atoms. The molecule has 2 heterocycles. The summed E-state index contributed by atoms with van der Waals surface area (Å²) < 4.78 is 5.45. The summed E-state index contributed by atoms with van der Waals surface area (Å²) in [5.41, 5.74) is -0.634. The normalized spacial score (nSPS) is 26.4. The monoisotopic (exact) mass is 284 g/mol. The molecular weight excluding hydrogens is 260 g/mol. The molecule has 1 unspecified atom stereocenters. The molecule has 0 radical (unpaired) electrons. The molecule has 0 saturated carbocycles. The zero-order valence-electron chi connectivity index (χ0n) is 12.1. The van der Waals surface area contributed by atoms with E-state index in [2.05, 4.69) is 5.32 Å². The number of amides is 1. The zero-order chi connectivity index (χ0) is 14.6. The number of piperidine rings is 1. The van der Waals surface area contributed by atoms with Crippen molar-refractivity contribution in [3.05, 3.63) is 0 Å². The molecule has 6 heteroatoms. The van der Waals surface area contributed by atoms with Crippen molar-refractivity contribution >= 4 is 11.9 Å². The first-order valence-electron chi connectivity index (χ1n) is 7.34. The Labute approximate surface area is 119 Å². The van der Waals surface area contributed by atoms with Crippen LogP contribution in [0.4, 0.5) is 0 Å². The second-order valence-electron chi connectivity index (χ2n) is 6.08. The van der Waals surface area contributed by atoms with Crippen molar-refractivity contribution in [1.82, 2.24) is 10.2 Å². The molecule has 0 aromatic carbocycles. The number of hydrogen-bond acceptors (Lipinski definition) is 4. The molecule has 2 aliphatic rings. The van der Waals surface area contributed by atoms with Gasteiger partial charge < -0.3 is 15.2 Å². The predicted molar refractivity (Wildman–Crippen MR) is 73.4 cm³/mol. The van der Waals surface area contributed by atoms with Gasteiger partial charge in [-0.05, 0) is 45.7 Å². The van der Waals surface area contributed by atoms with E-state index in [1.807, 2.05) is 4.90 Å². The van der Waals surface area contributed by atoms with Crippen molar-refractivity contribution in [2.75, 3.05) is 32.8 Å². The summed E-state index contributed by atoms with van der Waals surface area (Å²) >= 11 is 0. The van der Waals surface area contributed by atoms with E-state index in [0.29, 0.717) is 39.0 Å². The van der Waals surface area contributed by atoms with E-state index in [-0.39, 0.29) is 12.0 Å². The fourth-order valence-corrected chi connectivity index (χ4v) is 2.71. The average Bonchev–Trinajstić information content (AvgIpc) is 2.92. The maximum atomic E-state index is 11.8. The number of nitrogens with one attached hydrogen (secondary N) is 1. The third kappa shape index (κ3) is 3.93. The molecule has 0 aliphatic carbocycles. The summed E-state index contributed by atoms with van der Waals surface area (Å²) in [6.07, 6.45) is 3.44. The van der Waals surface area contributed by atoms with Gasteiger partial charge in [0.1, 0.15) is 0 Å². The number of aliphatic carboxylic acids is 1. The Morgan fingerprint density at radius 2 is 2.10 bits per heavy atom. The number of likely N-dealkylation sites (tertiary alicyclic amines) is 1. The van der Waals surface area contributed by atoms with E-state index in [0.717, 1.165) is 19.4 Å². The maximum Gasteiger partial charge on any atom is 0.309 e. The first kappa shape index (κ1) is 15.3. The lowest BCUT2D eigenvalue weighted by atomic mass is 9.80. The minimum Gasteiger partial charge on any atom is -0.481 e. The maximum absolute atomic E-state index is 11.8. The zero-order valence-corrected chi connectivity index (χ0v) is 12.1. The van der Waals surface area contributed by atoms with Crippen molar-refractivity contribution in [1.29, 1.82) is 0 Å². The van der Waals surface area contributed by atoms with Gasteiger partial charge >= 0.3 is 5.97 Å². The van der Waals surface area contributed by atoms with Gasteiger partial charge in [-0.1, -0.05) is 0 Å². The fourth-order valence-electron chi connectivity index (χ4n) is 2.71. The standard InChI is InChI=1S/C14H24N2O4/c1-14(13(18)19)4-6-16(7-5-14)10-12(17)15-9-11-3-2-8-20-11/h11H,2-10H2,1H3,(H,15,17)(H,18,19). The van der Waals surface area contributed by atoms with E-state index in [1.165, 1.54) is 0 Å². The predicted octanol–water partition coefficient (Wildman–Crippen LogP) is 0.468. The molecule has 0 aromatic rings. The van der Waals surface area contributed by atoms with Crippen LogP contribution in [0.15, 0.2) is 0 Å². The van der Waals surface area contributed by atoms with Gasteiger partial charge in [-0.25, -0.2) is 0 Å². The van der Waals surface area contributed by atoms with E-state index >= 15 is 0 Å². The molecule has 2 aliphatic heterocycles. The van der Waals surface area contributed by atoms with Gasteiger partial charge in [0.25, 0.3) is 0 Å². The summed E-state index contributed by atoms with van der Waals surface area (Å²) in [5.74, 6) is -0.737. The van der Waals surface area contributed by atoms with Crippen molar-refractivity contribution in [2.45, 2.75) is 38.7 Å². The van der Waals surface area contributed by atoms with E-state index in [4.69, 9.17) is 9.84 Å². The Balaban J connectivity index is 1.67. The molecule has 1 atom stereocenters. The lowest BCUT2D eigenvalue weighted by Gasteiger charge is -2.36. The van der Waals surface area contributed by atoms with Gasteiger partial charge in [-0.2, -0.15) is 0 Å². The molecule has 2 saturated heterocycles. The molecule has 2 fully saturated rings.